The van der Waals surface area contributed by atoms with Crippen LogP contribution in [0.15, 0.2) is 18.3 Å². The molecule has 2 amide bonds. The maximum atomic E-state index is 11.3. The van der Waals surface area contributed by atoms with Crippen LogP contribution in [0.2, 0.25) is 5.15 Å². The van der Waals surface area contributed by atoms with E-state index in [-0.39, 0.29) is 12.1 Å². The highest BCUT2D eigenvalue weighted by Crippen LogP contribution is 2.13. The van der Waals surface area contributed by atoms with E-state index in [9.17, 15) is 4.79 Å². The van der Waals surface area contributed by atoms with E-state index in [1.807, 2.05) is 25.3 Å². The van der Waals surface area contributed by atoms with Crippen molar-refractivity contribution < 1.29 is 9.53 Å². The molecule has 0 radical (unpaired) electrons. The van der Waals surface area contributed by atoms with Gasteiger partial charge < -0.3 is 15.4 Å². The zero-order chi connectivity index (χ0) is 15.8. The first-order valence-corrected chi connectivity index (χ1v) is 8.01. The summed E-state index contributed by atoms with van der Waals surface area (Å²) in [7, 11) is 0. The Kier molecular flexibility index (Phi) is 6.89. The minimum absolute atomic E-state index is 0.123. The third-order valence-electron chi connectivity index (χ3n) is 3.51. The number of hydrogen-bond donors (Lipinski definition) is 2. The van der Waals surface area contributed by atoms with Crippen molar-refractivity contribution in [1.82, 2.24) is 20.5 Å². The number of nitrogens with one attached hydrogen (secondary N) is 2. The van der Waals surface area contributed by atoms with Crippen LogP contribution in [0.4, 0.5) is 4.79 Å². The Bertz CT molecular complexity index is 469. The predicted octanol–water partition coefficient (Wildman–Crippen LogP) is 1.65. The topological polar surface area (TPSA) is 66.5 Å². The molecule has 2 heterocycles. The minimum atomic E-state index is -0.123. The SMILES string of the molecule is CCNC(=O)NCC[C@H]1CN(Cc2ccc(Cl)nc2)CCO1. The molecule has 7 heteroatoms. The Morgan fingerprint density at radius 2 is 2.36 bits per heavy atom. The molecule has 0 aliphatic carbocycles. The van der Waals surface area contributed by atoms with Crippen LogP contribution in [0.3, 0.4) is 0 Å². The fraction of sp³-hybridized carbons (Fsp3) is 0.600. The lowest BCUT2D eigenvalue weighted by molar-refractivity contribution is -0.0341. The number of hydrogen-bond acceptors (Lipinski definition) is 4. The van der Waals surface area contributed by atoms with Crippen LogP contribution in [0, 0.1) is 0 Å². The third-order valence-corrected chi connectivity index (χ3v) is 3.73. The first-order chi connectivity index (χ1) is 10.7. The van der Waals surface area contributed by atoms with E-state index in [2.05, 4.69) is 20.5 Å². The molecule has 0 bridgehead atoms. The van der Waals surface area contributed by atoms with Gasteiger partial charge in [-0.3, -0.25) is 4.90 Å². The first-order valence-electron chi connectivity index (χ1n) is 7.63. The molecule has 0 saturated carbocycles. The van der Waals surface area contributed by atoms with E-state index >= 15 is 0 Å². The van der Waals surface area contributed by atoms with Crippen molar-refractivity contribution in [3.63, 3.8) is 0 Å². The van der Waals surface area contributed by atoms with Crippen LogP contribution in [-0.2, 0) is 11.3 Å². The Labute approximate surface area is 136 Å². The number of nitrogens with zero attached hydrogens (tertiary/aromatic N) is 2. The first kappa shape index (κ1) is 17.0. The Hall–Kier alpha value is -1.37. The fourth-order valence-electron chi connectivity index (χ4n) is 2.43. The van der Waals surface area contributed by atoms with Crippen molar-refractivity contribution in [3.05, 3.63) is 29.0 Å². The van der Waals surface area contributed by atoms with Crippen molar-refractivity contribution in [2.24, 2.45) is 0 Å². The van der Waals surface area contributed by atoms with Gasteiger partial charge in [-0.1, -0.05) is 17.7 Å². The van der Waals surface area contributed by atoms with Gasteiger partial charge in [0, 0.05) is 38.9 Å². The maximum absolute atomic E-state index is 11.3. The number of amides is 2. The molecule has 2 N–H and O–H groups in total. The molecule has 0 spiro atoms. The lowest BCUT2D eigenvalue weighted by Gasteiger charge is -2.33. The van der Waals surface area contributed by atoms with Gasteiger partial charge in [-0.2, -0.15) is 0 Å². The van der Waals surface area contributed by atoms with Gasteiger partial charge in [0.15, 0.2) is 0 Å². The van der Waals surface area contributed by atoms with Crippen LogP contribution in [0.25, 0.3) is 0 Å². The predicted molar refractivity (Wildman–Crippen MR) is 86.0 cm³/mol. The number of rotatable bonds is 6. The summed E-state index contributed by atoms with van der Waals surface area (Å²) in [4.78, 5) is 17.8. The molecule has 122 valence electrons. The highest BCUT2D eigenvalue weighted by Gasteiger charge is 2.20. The highest BCUT2D eigenvalue weighted by atomic mass is 35.5. The smallest absolute Gasteiger partial charge is 0.314 e. The molecule has 6 nitrogen and oxygen atoms in total. The quantitative estimate of drug-likeness (QED) is 0.780. The second-order valence-electron chi connectivity index (χ2n) is 5.29. The number of urea groups is 1. The molecule has 1 aliphatic heterocycles. The molecule has 1 aliphatic rings. The zero-order valence-electron chi connectivity index (χ0n) is 12.8. The van der Waals surface area contributed by atoms with E-state index < -0.39 is 0 Å². The third kappa shape index (κ3) is 5.79. The number of aromatic nitrogens is 1. The van der Waals surface area contributed by atoms with Gasteiger partial charge in [0.1, 0.15) is 5.15 Å². The number of carbonyl (C=O) groups excluding carboxylic acids is 1. The molecule has 0 aromatic carbocycles. The average molecular weight is 327 g/mol. The number of morpholine rings is 1. The molecule has 2 rings (SSSR count). The second kappa shape index (κ2) is 8.92. The van der Waals surface area contributed by atoms with Crippen LogP contribution in [0.5, 0.6) is 0 Å². The monoisotopic (exact) mass is 326 g/mol. The van der Waals surface area contributed by atoms with E-state index in [1.54, 1.807) is 0 Å². The van der Waals surface area contributed by atoms with Crippen molar-refractivity contribution in [1.29, 1.82) is 0 Å². The Morgan fingerprint density at radius 1 is 1.50 bits per heavy atom. The number of ether oxygens (including phenoxy) is 1. The number of carbonyl (C=O) groups is 1. The van der Waals surface area contributed by atoms with Gasteiger partial charge in [0.25, 0.3) is 0 Å². The van der Waals surface area contributed by atoms with E-state index in [4.69, 9.17) is 16.3 Å². The van der Waals surface area contributed by atoms with E-state index in [0.29, 0.717) is 24.8 Å². The van der Waals surface area contributed by atoms with Crippen molar-refractivity contribution in [3.8, 4) is 0 Å². The molecule has 1 atom stereocenters. The summed E-state index contributed by atoms with van der Waals surface area (Å²) in [5.41, 5.74) is 1.14. The standard InChI is InChI=1S/C15H23ClN4O2/c1-2-17-15(21)18-6-5-13-11-20(7-8-22-13)10-12-3-4-14(16)19-9-12/h3-4,9,13H,2,5-8,10-11H2,1H3,(H2,17,18,21)/t13-/m0/s1. The Balaban J connectivity index is 1.72. The van der Waals surface area contributed by atoms with Crippen molar-refractivity contribution in [2.45, 2.75) is 26.0 Å². The summed E-state index contributed by atoms with van der Waals surface area (Å²) < 4.78 is 5.76. The van der Waals surface area contributed by atoms with Crippen LogP contribution < -0.4 is 10.6 Å². The summed E-state index contributed by atoms with van der Waals surface area (Å²) >= 11 is 5.80. The van der Waals surface area contributed by atoms with Crippen molar-refractivity contribution in [2.75, 3.05) is 32.8 Å². The summed E-state index contributed by atoms with van der Waals surface area (Å²) in [6, 6.07) is 3.68. The van der Waals surface area contributed by atoms with Gasteiger partial charge in [-0.05, 0) is 25.0 Å². The lowest BCUT2D eigenvalue weighted by Crippen LogP contribution is -2.44. The van der Waals surface area contributed by atoms with Gasteiger partial charge in [-0.25, -0.2) is 9.78 Å². The normalized spacial score (nSPS) is 18.9. The average Bonchev–Trinajstić information content (AvgIpc) is 2.50. The number of pyridine rings is 1. The van der Waals surface area contributed by atoms with E-state index in [0.717, 1.165) is 31.6 Å². The van der Waals surface area contributed by atoms with Gasteiger partial charge >= 0.3 is 6.03 Å². The molecule has 1 aromatic rings. The second-order valence-corrected chi connectivity index (χ2v) is 5.68. The fourth-order valence-corrected chi connectivity index (χ4v) is 2.54. The summed E-state index contributed by atoms with van der Waals surface area (Å²) in [6.07, 6.45) is 2.77. The lowest BCUT2D eigenvalue weighted by atomic mass is 10.2. The highest BCUT2D eigenvalue weighted by molar-refractivity contribution is 6.29. The molecule has 1 fully saturated rings. The summed E-state index contributed by atoms with van der Waals surface area (Å²) in [5, 5.41) is 6.05. The zero-order valence-corrected chi connectivity index (χ0v) is 13.6. The minimum Gasteiger partial charge on any atom is -0.375 e. The molecular formula is C15H23ClN4O2. The van der Waals surface area contributed by atoms with Crippen LogP contribution in [-0.4, -0.2) is 54.8 Å². The van der Waals surface area contributed by atoms with Gasteiger partial charge in [0.2, 0.25) is 0 Å². The molecule has 0 unspecified atom stereocenters. The van der Waals surface area contributed by atoms with Crippen LogP contribution >= 0.6 is 11.6 Å². The van der Waals surface area contributed by atoms with Gasteiger partial charge in [-0.15, -0.1) is 0 Å². The maximum Gasteiger partial charge on any atom is 0.314 e. The molecule has 1 aromatic heterocycles. The number of halogens is 1. The summed E-state index contributed by atoms with van der Waals surface area (Å²) in [5.74, 6) is 0. The molecule has 1 saturated heterocycles. The Morgan fingerprint density at radius 3 is 3.09 bits per heavy atom. The summed E-state index contributed by atoms with van der Waals surface area (Å²) in [6.45, 7) is 6.47. The molecular weight excluding hydrogens is 304 g/mol. The van der Waals surface area contributed by atoms with Crippen molar-refractivity contribution >= 4 is 17.6 Å². The van der Waals surface area contributed by atoms with Crippen LogP contribution in [0.1, 0.15) is 18.9 Å². The largest absolute Gasteiger partial charge is 0.375 e. The van der Waals surface area contributed by atoms with E-state index in [1.165, 1.54) is 0 Å². The van der Waals surface area contributed by atoms with Gasteiger partial charge in [0.05, 0.1) is 12.7 Å². The molecule has 22 heavy (non-hydrogen) atoms.